The van der Waals surface area contributed by atoms with Crippen LogP contribution >= 0.6 is 0 Å². The minimum absolute atomic E-state index is 0.0128. The Kier molecular flexibility index (Phi) is 7.69. The predicted octanol–water partition coefficient (Wildman–Crippen LogP) is 4.56. The first-order chi connectivity index (χ1) is 18.8. The molecule has 1 N–H and O–H groups in total. The number of nitrogens with one attached hydrogen (secondary N) is 1. The molecule has 7 nitrogen and oxygen atoms in total. The monoisotopic (exact) mass is 521 g/mol. The standard InChI is InChI=1S/C31H24FN3O4/c1-2-39-28(37)25-18-31(17-21-9-5-3-6-10-21,35-27(36)23-11-7-4-8-12-23)29(38)30(19-33,20-34)26(25)22-13-15-24(32)16-14-22/h3-16H,2,17-18H2,1H3,(H,35,36)/t31-/m1/s1. The van der Waals surface area contributed by atoms with Crippen LogP contribution in [0, 0.1) is 33.9 Å². The lowest BCUT2D eigenvalue weighted by Crippen LogP contribution is -2.63. The van der Waals surface area contributed by atoms with E-state index in [0.717, 1.165) is 12.1 Å². The Bertz CT molecular complexity index is 1510. The van der Waals surface area contributed by atoms with Gasteiger partial charge in [-0.05, 0) is 42.3 Å². The number of nitrogens with zero attached hydrogens (tertiary/aromatic N) is 2. The lowest BCUT2D eigenvalue weighted by atomic mass is 9.60. The van der Waals surface area contributed by atoms with E-state index in [1.54, 1.807) is 67.6 Å². The van der Waals surface area contributed by atoms with Gasteiger partial charge in [-0.15, -0.1) is 0 Å². The highest BCUT2D eigenvalue weighted by Crippen LogP contribution is 2.48. The van der Waals surface area contributed by atoms with E-state index in [1.807, 2.05) is 12.1 Å². The molecule has 8 heteroatoms. The maximum Gasteiger partial charge on any atom is 0.334 e. The molecular formula is C31H24FN3O4. The van der Waals surface area contributed by atoms with Gasteiger partial charge in [0.2, 0.25) is 5.41 Å². The molecule has 0 fully saturated rings. The lowest BCUT2D eigenvalue weighted by molar-refractivity contribution is -0.139. The molecule has 4 rings (SSSR count). The molecule has 0 bridgehead atoms. The normalized spacial score (nSPS) is 18.0. The molecule has 1 aliphatic rings. The summed E-state index contributed by atoms with van der Waals surface area (Å²) in [5, 5.41) is 23.6. The second-order valence-electron chi connectivity index (χ2n) is 9.13. The third-order valence-corrected chi connectivity index (χ3v) is 6.66. The van der Waals surface area contributed by atoms with Gasteiger partial charge in [0, 0.05) is 29.6 Å². The number of ketones is 1. The molecule has 1 aliphatic carbocycles. The topological polar surface area (TPSA) is 120 Å². The number of hydrogen-bond acceptors (Lipinski definition) is 6. The molecule has 0 spiro atoms. The summed E-state index contributed by atoms with van der Waals surface area (Å²) in [6.07, 6.45) is -0.452. The Morgan fingerprint density at radius 3 is 2.10 bits per heavy atom. The van der Waals surface area contributed by atoms with E-state index in [4.69, 9.17) is 4.74 Å². The number of ether oxygens (including phenoxy) is 1. The number of halogens is 1. The molecule has 194 valence electrons. The molecule has 3 aromatic carbocycles. The molecule has 0 aliphatic heterocycles. The predicted molar refractivity (Wildman–Crippen MR) is 140 cm³/mol. The van der Waals surface area contributed by atoms with E-state index in [0.29, 0.717) is 5.56 Å². The average Bonchev–Trinajstić information content (AvgIpc) is 2.96. The van der Waals surface area contributed by atoms with Crippen LogP contribution in [0.2, 0.25) is 0 Å². The average molecular weight is 522 g/mol. The summed E-state index contributed by atoms with van der Waals surface area (Å²) in [6, 6.07) is 25.4. The molecule has 0 unspecified atom stereocenters. The van der Waals surface area contributed by atoms with Gasteiger partial charge in [0.05, 0.1) is 18.7 Å². The minimum atomic E-state index is -2.50. The Morgan fingerprint density at radius 2 is 1.54 bits per heavy atom. The quantitative estimate of drug-likeness (QED) is 0.455. The first kappa shape index (κ1) is 27.0. The van der Waals surface area contributed by atoms with Crippen molar-refractivity contribution in [2.24, 2.45) is 5.41 Å². The molecule has 0 aromatic heterocycles. The van der Waals surface area contributed by atoms with E-state index in [2.05, 4.69) is 5.32 Å². The number of benzene rings is 3. The second kappa shape index (κ2) is 11.1. The summed E-state index contributed by atoms with van der Waals surface area (Å²) in [7, 11) is 0. The van der Waals surface area contributed by atoms with Gasteiger partial charge in [0.15, 0.2) is 5.78 Å². The highest BCUT2D eigenvalue weighted by atomic mass is 19.1. The van der Waals surface area contributed by atoms with Gasteiger partial charge < -0.3 is 10.1 Å². The van der Waals surface area contributed by atoms with Crippen LogP contribution in [0.5, 0.6) is 0 Å². The highest BCUT2D eigenvalue weighted by molar-refractivity contribution is 6.17. The number of nitriles is 2. The number of hydrogen-bond donors (Lipinski definition) is 1. The van der Waals surface area contributed by atoms with Crippen LogP contribution in [0.25, 0.3) is 5.57 Å². The van der Waals surface area contributed by atoms with E-state index in [1.165, 1.54) is 12.1 Å². The largest absolute Gasteiger partial charge is 0.463 e. The Morgan fingerprint density at radius 1 is 0.949 bits per heavy atom. The van der Waals surface area contributed by atoms with Crippen LogP contribution in [-0.4, -0.2) is 29.8 Å². The van der Waals surface area contributed by atoms with Crippen LogP contribution in [0.15, 0.2) is 90.5 Å². The zero-order chi connectivity index (χ0) is 28.0. The molecule has 0 heterocycles. The maximum atomic E-state index is 14.5. The maximum absolute atomic E-state index is 14.5. The van der Waals surface area contributed by atoms with Crippen LogP contribution in [-0.2, 0) is 20.7 Å². The first-order valence-corrected chi connectivity index (χ1v) is 12.3. The van der Waals surface area contributed by atoms with Gasteiger partial charge in [-0.2, -0.15) is 10.5 Å². The zero-order valence-electron chi connectivity index (χ0n) is 21.1. The van der Waals surface area contributed by atoms with E-state index in [-0.39, 0.29) is 41.7 Å². The zero-order valence-corrected chi connectivity index (χ0v) is 21.1. The molecular weight excluding hydrogens is 497 g/mol. The summed E-state index contributed by atoms with van der Waals surface area (Å²) < 4.78 is 19.1. The van der Waals surface area contributed by atoms with Crippen molar-refractivity contribution >= 4 is 23.2 Å². The Balaban J connectivity index is 2.00. The molecule has 0 radical (unpaired) electrons. The van der Waals surface area contributed by atoms with Gasteiger partial charge in [0.1, 0.15) is 11.4 Å². The van der Waals surface area contributed by atoms with Crippen molar-refractivity contribution in [2.75, 3.05) is 6.61 Å². The van der Waals surface area contributed by atoms with Crippen molar-refractivity contribution in [2.45, 2.75) is 25.3 Å². The molecule has 0 saturated carbocycles. The minimum Gasteiger partial charge on any atom is -0.463 e. The third-order valence-electron chi connectivity index (χ3n) is 6.66. The number of allylic oxidation sites excluding steroid dienone is 1. The van der Waals surface area contributed by atoms with E-state index >= 15 is 0 Å². The summed E-state index contributed by atoms with van der Waals surface area (Å²) in [5.74, 6) is -2.92. The molecule has 0 saturated heterocycles. The van der Waals surface area contributed by atoms with Gasteiger partial charge >= 0.3 is 5.97 Å². The number of carbonyl (C=O) groups excluding carboxylic acids is 3. The van der Waals surface area contributed by atoms with Crippen LogP contribution < -0.4 is 5.32 Å². The fourth-order valence-electron chi connectivity index (χ4n) is 4.92. The van der Waals surface area contributed by atoms with Gasteiger partial charge in [0.25, 0.3) is 5.91 Å². The van der Waals surface area contributed by atoms with E-state index in [9.17, 15) is 29.3 Å². The van der Waals surface area contributed by atoms with Crippen molar-refractivity contribution in [3.8, 4) is 12.1 Å². The summed E-state index contributed by atoms with van der Waals surface area (Å²) in [4.78, 5) is 41.3. The second-order valence-corrected chi connectivity index (χ2v) is 9.13. The fourth-order valence-corrected chi connectivity index (χ4v) is 4.92. The highest BCUT2D eigenvalue weighted by Gasteiger charge is 2.60. The third kappa shape index (κ3) is 5.05. The Hall–Kier alpha value is -5.08. The van der Waals surface area contributed by atoms with E-state index < -0.39 is 34.4 Å². The van der Waals surface area contributed by atoms with Crippen LogP contribution in [0.1, 0.15) is 34.8 Å². The first-order valence-electron chi connectivity index (χ1n) is 12.3. The molecule has 1 atom stereocenters. The smallest absolute Gasteiger partial charge is 0.334 e. The molecule has 1 amide bonds. The van der Waals surface area contributed by atoms with Gasteiger partial charge in [-0.25, -0.2) is 9.18 Å². The molecule has 3 aromatic rings. The number of rotatable bonds is 7. The van der Waals surface area contributed by atoms with Crippen LogP contribution in [0.4, 0.5) is 4.39 Å². The van der Waals surface area contributed by atoms with Crippen molar-refractivity contribution in [1.29, 1.82) is 10.5 Å². The van der Waals surface area contributed by atoms with Gasteiger partial charge in [-0.3, -0.25) is 9.59 Å². The van der Waals surface area contributed by atoms with Crippen molar-refractivity contribution in [1.82, 2.24) is 5.32 Å². The van der Waals surface area contributed by atoms with Crippen molar-refractivity contribution in [3.63, 3.8) is 0 Å². The SMILES string of the molecule is CCOC(=O)C1=C(c2ccc(F)cc2)C(C#N)(C#N)C(=O)[C@](Cc2ccccc2)(NC(=O)c2ccccc2)C1. The summed E-state index contributed by atoms with van der Waals surface area (Å²) in [6.45, 7) is 1.58. The van der Waals surface area contributed by atoms with Crippen molar-refractivity contribution in [3.05, 3.63) is 113 Å². The summed E-state index contributed by atoms with van der Waals surface area (Å²) >= 11 is 0. The molecule has 39 heavy (non-hydrogen) atoms. The number of carbonyl (C=O) groups is 3. The van der Waals surface area contributed by atoms with Gasteiger partial charge in [-0.1, -0.05) is 60.7 Å². The number of Topliss-reactive ketones (excluding diaryl/α,β-unsaturated/α-hetero) is 1. The van der Waals surface area contributed by atoms with Crippen molar-refractivity contribution < 1.29 is 23.5 Å². The number of esters is 1. The summed E-state index contributed by atoms with van der Waals surface area (Å²) in [5.41, 5.74) is -3.61. The number of amides is 1. The fraction of sp³-hybridized carbons (Fsp3) is 0.194. The lowest BCUT2D eigenvalue weighted by Gasteiger charge is -2.43. The van der Waals surface area contributed by atoms with Crippen LogP contribution in [0.3, 0.4) is 0 Å². The Labute approximate surface area is 225 Å².